The molecule has 4 N–H and O–H groups in total. The van der Waals surface area contributed by atoms with Gasteiger partial charge in [0.15, 0.2) is 0 Å². The summed E-state index contributed by atoms with van der Waals surface area (Å²) in [5, 5.41) is 0.662. The number of benzene rings is 1. The molecule has 1 aromatic carbocycles. The third-order valence-electron chi connectivity index (χ3n) is 3.91. The molecule has 27 heavy (non-hydrogen) atoms. The molecule has 0 saturated carbocycles. The van der Waals surface area contributed by atoms with Crippen molar-refractivity contribution in [3.05, 3.63) is 51.2 Å². The third-order valence-corrected chi connectivity index (χ3v) is 6.03. The van der Waals surface area contributed by atoms with Crippen LogP contribution in [0.2, 0.25) is 5.02 Å². The fourth-order valence-electron chi connectivity index (χ4n) is 2.29. The number of thiophene rings is 1. The highest BCUT2D eigenvalue weighted by molar-refractivity contribution is 7.51. The molecule has 1 heterocycles. The normalized spacial score (nSPS) is 13.5. The molecule has 0 amide bonds. The van der Waals surface area contributed by atoms with Crippen LogP contribution >= 0.6 is 30.5 Å². The molecule has 0 fully saturated rings. The summed E-state index contributed by atoms with van der Waals surface area (Å²) in [4.78, 5) is 20.1. The van der Waals surface area contributed by atoms with Crippen LogP contribution in [0.25, 0.3) is 0 Å². The van der Waals surface area contributed by atoms with Crippen molar-refractivity contribution in [1.82, 2.24) is 0 Å². The third kappa shape index (κ3) is 8.94. The minimum atomic E-state index is -4.01. The molecule has 0 aliphatic carbocycles. The van der Waals surface area contributed by atoms with E-state index < -0.39 is 13.1 Å². The maximum atomic E-state index is 11.0. The van der Waals surface area contributed by atoms with Gasteiger partial charge < -0.3 is 20.3 Å². The Morgan fingerprint density at radius 2 is 1.93 bits per heavy atom. The van der Waals surface area contributed by atoms with Crippen LogP contribution in [0.4, 0.5) is 0 Å². The summed E-state index contributed by atoms with van der Waals surface area (Å²) in [6, 6.07) is 11.1. The maximum absolute atomic E-state index is 11.0. The standard InChI is InChI=1S/C19H23ClNO4PS/c1-19(21,12-14-26(22,23)24)11-10-18-9-8-17(27-18)3-2-13-25-16-6-4-15(20)5-7-16/h4-9H,10-14,21H2,1H3,(H2,22,23,24). The van der Waals surface area contributed by atoms with Crippen molar-refractivity contribution < 1.29 is 19.1 Å². The molecule has 8 heteroatoms. The van der Waals surface area contributed by atoms with Crippen LogP contribution in [0.1, 0.15) is 29.5 Å². The molecule has 1 aromatic heterocycles. The fraction of sp³-hybridized carbons (Fsp3) is 0.368. The Labute approximate surface area is 168 Å². The van der Waals surface area contributed by atoms with Crippen molar-refractivity contribution in [2.24, 2.45) is 5.73 Å². The molecular weight excluding hydrogens is 405 g/mol. The molecule has 2 rings (SSSR count). The number of hydrogen-bond donors (Lipinski definition) is 3. The summed E-state index contributed by atoms with van der Waals surface area (Å²) < 4.78 is 16.5. The number of nitrogens with two attached hydrogens (primary N) is 1. The van der Waals surface area contributed by atoms with Gasteiger partial charge in [-0.3, -0.25) is 4.57 Å². The molecular formula is C19H23ClNO4PS. The Balaban J connectivity index is 1.79. The van der Waals surface area contributed by atoms with Crippen LogP contribution in [-0.2, 0) is 11.0 Å². The molecule has 0 radical (unpaired) electrons. The van der Waals surface area contributed by atoms with Crippen LogP contribution in [0.15, 0.2) is 36.4 Å². The van der Waals surface area contributed by atoms with Gasteiger partial charge in [-0.05, 0) is 62.6 Å². The van der Waals surface area contributed by atoms with E-state index in [-0.39, 0.29) is 19.2 Å². The lowest BCUT2D eigenvalue weighted by Gasteiger charge is -2.24. The summed E-state index contributed by atoms with van der Waals surface area (Å²) in [7, 11) is -4.01. The van der Waals surface area contributed by atoms with E-state index in [2.05, 4.69) is 11.8 Å². The molecule has 0 saturated heterocycles. The molecule has 2 aromatic rings. The zero-order valence-electron chi connectivity index (χ0n) is 15.0. The van der Waals surface area contributed by atoms with Gasteiger partial charge in [0, 0.05) is 15.4 Å². The van der Waals surface area contributed by atoms with Gasteiger partial charge in [0.1, 0.15) is 12.4 Å². The lowest BCUT2D eigenvalue weighted by Crippen LogP contribution is -2.37. The molecule has 0 spiro atoms. The van der Waals surface area contributed by atoms with Gasteiger partial charge in [0.2, 0.25) is 0 Å². The number of halogens is 1. The lowest BCUT2D eigenvalue weighted by atomic mass is 9.94. The monoisotopic (exact) mass is 427 g/mol. The molecule has 0 bridgehead atoms. The summed E-state index contributed by atoms with van der Waals surface area (Å²) in [5.74, 6) is 6.77. The van der Waals surface area contributed by atoms with Crippen molar-refractivity contribution >= 4 is 30.5 Å². The Kier molecular flexibility index (Phi) is 7.93. The Bertz CT molecular complexity index is 849. The summed E-state index contributed by atoms with van der Waals surface area (Å²) >= 11 is 7.41. The fourth-order valence-corrected chi connectivity index (χ4v) is 4.10. The first-order valence-electron chi connectivity index (χ1n) is 8.42. The number of aryl methyl sites for hydroxylation is 1. The second-order valence-corrected chi connectivity index (χ2v) is 9.98. The van der Waals surface area contributed by atoms with E-state index in [0.29, 0.717) is 11.4 Å². The number of rotatable bonds is 8. The van der Waals surface area contributed by atoms with E-state index in [1.165, 1.54) is 0 Å². The first kappa shape index (κ1) is 22.0. The summed E-state index contributed by atoms with van der Waals surface area (Å²) in [5.41, 5.74) is 5.54. The number of ether oxygens (including phenoxy) is 1. The Morgan fingerprint density at radius 1 is 1.22 bits per heavy atom. The van der Waals surface area contributed by atoms with E-state index in [0.717, 1.165) is 21.9 Å². The molecule has 1 unspecified atom stereocenters. The van der Waals surface area contributed by atoms with E-state index in [4.69, 9.17) is 31.9 Å². The van der Waals surface area contributed by atoms with Crippen molar-refractivity contribution in [2.45, 2.75) is 31.7 Å². The zero-order valence-corrected chi connectivity index (χ0v) is 17.5. The summed E-state index contributed by atoms with van der Waals surface area (Å²) in [6.07, 6.45) is 1.51. The first-order chi connectivity index (χ1) is 12.6. The van der Waals surface area contributed by atoms with Gasteiger partial charge in [-0.2, -0.15) is 0 Å². The van der Waals surface area contributed by atoms with Gasteiger partial charge in [0.05, 0.1) is 11.0 Å². The molecule has 146 valence electrons. The average molecular weight is 428 g/mol. The highest BCUT2D eigenvalue weighted by Crippen LogP contribution is 2.37. The Hall–Kier alpha value is -1.32. The van der Waals surface area contributed by atoms with Gasteiger partial charge >= 0.3 is 7.60 Å². The SMILES string of the molecule is CC(N)(CCc1ccc(C#CCOc2ccc(Cl)cc2)s1)CCP(=O)(O)O. The minimum Gasteiger partial charge on any atom is -0.481 e. The molecule has 0 aliphatic rings. The van der Waals surface area contributed by atoms with E-state index in [9.17, 15) is 4.57 Å². The second-order valence-electron chi connectivity index (χ2n) is 6.60. The minimum absolute atomic E-state index is 0.186. The van der Waals surface area contributed by atoms with Gasteiger partial charge in [0.25, 0.3) is 0 Å². The first-order valence-corrected chi connectivity index (χ1v) is 11.4. The van der Waals surface area contributed by atoms with Gasteiger partial charge in [-0.15, -0.1) is 11.3 Å². The highest BCUT2D eigenvalue weighted by Gasteiger charge is 2.23. The van der Waals surface area contributed by atoms with Crippen LogP contribution in [0, 0.1) is 11.8 Å². The Morgan fingerprint density at radius 3 is 2.59 bits per heavy atom. The maximum Gasteiger partial charge on any atom is 0.325 e. The van der Waals surface area contributed by atoms with Crippen LogP contribution in [0.3, 0.4) is 0 Å². The van der Waals surface area contributed by atoms with Crippen molar-refractivity contribution in [3.63, 3.8) is 0 Å². The molecule has 0 aliphatic heterocycles. The second kappa shape index (κ2) is 9.75. The number of hydrogen-bond acceptors (Lipinski definition) is 4. The van der Waals surface area contributed by atoms with Crippen LogP contribution < -0.4 is 10.5 Å². The average Bonchev–Trinajstić information content (AvgIpc) is 3.04. The smallest absolute Gasteiger partial charge is 0.325 e. The van der Waals surface area contributed by atoms with Crippen molar-refractivity contribution in [1.29, 1.82) is 0 Å². The molecule has 5 nitrogen and oxygen atoms in total. The van der Waals surface area contributed by atoms with Crippen molar-refractivity contribution in [2.75, 3.05) is 12.8 Å². The highest BCUT2D eigenvalue weighted by atomic mass is 35.5. The van der Waals surface area contributed by atoms with E-state index in [1.807, 2.05) is 19.1 Å². The van der Waals surface area contributed by atoms with Crippen LogP contribution in [0.5, 0.6) is 5.75 Å². The van der Waals surface area contributed by atoms with E-state index in [1.54, 1.807) is 35.6 Å². The largest absolute Gasteiger partial charge is 0.481 e. The lowest BCUT2D eigenvalue weighted by molar-refractivity contribution is 0.354. The quantitative estimate of drug-likeness (QED) is 0.436. The van der Waals surface area contributed by atoms with Gasteiger partial charge in [-0.25, -0.2) is 0 Å². The van der Waals surface area contributed by atoms with Crippen LogP contribution in [-0.4, -0.2) is 28.1 Å². The predicted molar refractivity (Wildman–Crippen MR) is 111 cm³/mol. The zero-order chi connectivity index (χ0) is 19.9. The van der Waals surface area contributed by atoms with Gasteiger partial charge in [-0.1, -0.05) is 23.4 Å². The van der Waals surface area contributed by atoms with E-state index >= 15 is 0 Å². The van der Waals surface area contributed by atoms with Crippen molar-refractivity contribution in [3.8, 4) is 17.6 Å². The molecule has 1 atom stereocenters. The summed E-state index contributed by atoms with van der Waals surface area (Å²) in [6.45, 7) is 2.11. The predicted octanol–water partition coefficient (Wildman–Crippen LogP) is 4.05. The topological polar surface area (TPSA) is 92.8 Å².